The Hall–Kier alpha value is -0.870. The van der Waals surface area contributed by atoms with Crippen molar-refractivity contribution < 1.29 is 14.4 Å². The Morgan fingerprint density at radius 3 is 2.32 bits per heavy atom. The highest BCUT2D eigenvalue weighted by Gasteiger charge is 2.06. The summed E-state index contributed by atoms with van der Waals surface area (Å²) < 4.78 is 0.949. The molecule has 4 nitrogen and oxygen atoms in total. The van der Waals surface area contributed by atoms with Crippen LogP contribution < -0.4 is 5.32 Å². The van der Waals surface area contributed by atoms with E-state index in [2.05, 4.69) is 45.5 Å². The van der Waals surface area contributed by atoms with Crippen LogP contribution in [0.5, 0.6) is 0 Å². The van der Waals surface area contributed by atoms with Gasteiger partial charge in [-0.05, 0) is 32.1 Å². The molecule has 0 aromatic rings. The summed E-state index contributed by atoms with van der Waals surface area (Å²) >= 11 is 0. The second-order valence-electron chi connectivity index (χ2n) is 9.23. The first-order chi connectivity index (χ1) is 13.3. The fourth-order valence-corrected chi connectivity index (χ4v) is 3.24. The van der Waals surface area contributed by atoms with Gasteiger partial charge in [0.2, 0.25) is 5.91 Å². The largest absolute Gasteiger partial charge is 0.393 e. The van der Waals surface area contributed by atoms with Gasteiger partial charge in [-0.2, -0.15) is 0 Å². The summed E-state index contributed by atoms with van der Waals surface area (Å²) in [4.78, 5) is 11.8. The second kappa shape index (κ2) is 18.2. The molecule has 0 rings (SSSR count). The molecular weight excluding hydrogens is 348 g/mol. The number of aliphatic hydroxyl groups excluding tert-OH is 1. The van der Waals surface area contributed by atoms with Crippen LogP contribution in [0, 0.1) is 0 Å². The molecule has 0 spiro atoms. The van der Waals surface area contributed by atoms with E-state index in [0.717, 1.165) is 62.5 Å². The van der Waals surface area contributed by atoms with Crippen molar-refractivity contribution in [3.8, 4) is 0 Å². The third-order valence-corrected chi connectivity index (χ3v) is 5.07. The van der Waals surface area contributed by atoms with Crippen LogP contribution in [0.25, 0.3) is 0 Å². The van der Waals surface area contributed by atoms with Crippen LogP contribution in [0.2, 0.25) is 0 Å². The summed E-state index contributed by atoms with van der Waals surface area (Å²) in [5.74, 6) is 0.206. The molecule has 0 saturated carbocycles. The van der Waals surface area contributed by atoms with Crippen molar-refractivity contribution in [3.63, 3.8) is 0 Å². The van der Waals surface area contributed by atoms with Gasteiger partial charge < -0.3 is 14.9 Å². The van der Waals surface area contributed by atoms with Crippen molar-refractivity contribution in [2.24, 2.45) is 0 Å². The summed E-state index contributed by atoms with van der Waals surface area (Å²) in [6.07, 6.45) is 19.5. The number of hydrogen-bond donors (Lipinski definition) is 2. The molecule has 0 saturated heterocycles. The molecule has 0 aliphatic rings. The lowest BCUT2D eigenvalue weighted by molar-refractivity contribution is -0.870. The van der Waals surface area contributed by atoms with E-state index in [-0.39, 0.29) is 12.0 Å². The number of nitrogens with zero attached hydrogens (tertiary/aromatic N) is 1. The van der Waals surface area contributed by atoms with Crippen LogP contribution in [0.1, 0.15) is 96.8 Å². The predicted molar refractivity (Wildman–Crippen MR) is 121 cm³/mol. The molecule has 1 atom stereocenters. The van der Waals surface area contributed by atoms with Crippen molar-refractivity contribution in [2.75, 3.05) is 34.2 Å². The van der Waals surface area contributed by atoms with Gasteiger partial charge in [-0.3, -0.25) is 4.79 Å². The lowest BCUT2D eigenvalue weighted by atomic mass is 10.1. The van der Waals surface area contributed by atoms with E-state index < -0.39 is 0 Å². The summed E-state index contributed by atoms with van der Waals surface area (Å²) in [7, 11) is 6.53. The Bertz CT molecular complexity index is 389. The quantitative estimate of drug-likeness (QED) is 0.179. The van der Waals surface area contributed by atoms with Crippen molar-refractivity contribution >= 4 is 5.91 Å². The molecule has 0 radical (unpaired) electrons. The van der Waals surface area contributed by atoms with Crippen LogP contribution in [0.15, 0.2) is 12.2 Å². The average Bonchev–Trinajstić information content (AvgIpc) is 2.63. The minimum absolute atomic E-state index is 0.160. The Morgan fingerprint density at radius 2 is 1.61 bits per heavy atom. The molecule has 166 valence electrons. The van der Waals surface area contributed by atoms with Gasteiger partial charge in [0.25, 0.3) is 0 Å². The highest BCUT2D eigenvalue weighted by Crippen LogP contribution is 2.10. The zero-order valence-corrected chi connectivity index (χ0v) is 19.3. The van der Waals surface area contributed by atoms with Gasteiger partial charge in [0, 0.05) is 19.4 Å². The average molecular weight is 398 g/mol. The first-order valence-corrected chi connectivity index (χ1v) is 11.8. The molecule has 0 heterocycles. The third kappa shape index (κ3) is 21.4. The number of carbonyl (C=O) groups excluding carboxylic acids is 1. The number of rotatable bonds is 19. The van der Waals surface area contributed by atoms with E-state index in [0.29, 0.717) is 6.42 Å². The van der Waals surface area contributed by atoms with Crippen molar-refractivity contribution in [1.82, 2.24) is 5.32 Å². The Kier molecular flexibility index (Phi) is 17.6. The van der Waals surface area contributed by atoms with Gasteiger partial charge in [-0.1, -0.05) is 64.0 Å². The summed E-state index contributed by atoms with van der Waals surface area (Å²) in [5, 5.41) is 12.9. The van der Waals surface area contributed by atoms with Gasteiger partial charge in [0.05, 0.1) is 33.8 Å². The van der Waals surface area contributed by atoms with E-state index in [9.17, 15) is 9.90 Å². The van der Waals surface area contributed by atoms with Gasteiger partial charge in [0.15, 0.2) is 0 Å². The molecule has 0 aliphatic carbocycles. The molecule has 28 heavy (non-hydrogen) atoms. The number of unbranched alkanes of at least 4 members (excludes halogenated alkanes) is 8. The molecular formula is C24H49N2O2+. The highest BCUT2D eigenvalue weighted by atomic mass is 16.3. The van der Waals surface area contributed by atoms with Crippen LogP contribution >= 0.6 is 0 Å². The number of allylic oxidation sites excluding steroid dienone is 1. The molecule has 1 unspecified atom stereocenters. The normalized spacial score (nSPS) is 13.2. The Labute approximate surface area is 175 Å². The smallest absolute Gasteiger partial charge is 0.219 e. The number of aliphatic hydroxyl groups is 1. The molecule has 1 amide bonds. The number of carbonyl (C=O) groups is 1. The minimum Gasteiger partial charge on any atom is -0.393 e. The van der Waals surface area contributed by atoms with Crippen LogP contribution in [-0.4, -0.2) is 55.8 Å². The summed E-state index contributed by atoms with van der Waals surface area (Å²) in [6, 6.07) is 0. The van der Waals surface area contributed by atoms with Crippen molar-refractivity contribution in [2.45, 2.75) is 103 Å². The monoisotopic (exact) mass is 397 g/mol. The minimum atomic E-state index is -0.160. The van der Waals surface area contributed by atoms with E-state index in [1.165, 1.54) is 38.5 Å². The Morgan fingerprint density at radius 1 is 0.929 bits per heavy atom. The standard InChI is InChI=1S/C24H48N2O2/c1-5-6-7-14-18-23(27)19-15-12-10-8-9-11-13-16-20-24(28)25-21-17-22-26(2,3)4/h12,15,23,27H,5-11,13-14,16-22H2,1-4H3/p+1/b15-12-. The lowest BCUT2D eigenvalue weighted by Crippen LogP contribution is -2.37. The summed E-state index contributed by atoms with van der Waals surface area (Å²) in [6.45, 7) is 4.10. The number of hydrogen-bond acceptors (Lipinski definition) is 2. The number of nitrogens with one attached hydrogen (secondary N) is 1. The molecule has 0 aromatic heterocycles. The van der Waals surface area contributed by atoms with Crippen molar-refractivity contribution in [1.29, 1.82) is 0 Å². The fraction of sp³-hybridized carbons (Fsp3) is 0.875. The van der Waals surface area contributed by atoms with Gasteiger partial charge in [-0.15, -0.1) is 0 Å². The second-order valence-corrected chi connectivity index (χ2v) is 9.23. The highest BCUT2D eigenvalue weighted by molar-refractivity contribution is 5.75. The van der Waals surface area contributed by atoms with Crippen LogP contribution in [0.3, 0.4) is 0 Å². The number of quaternary nitrogens is 1. The molecule has 4 heteroatoms. The van der Waals surface area contributed by atoms with Crippen LogP contribution in [0.4, 0.5) is 0 Å². The predicted octanol–water partition coefficient (Wildman–Crippen LogP) is 5.21. The van der Waals surface area contributed by atoms with Gasteiger partial charge in [0.1, 0.15) is 0 Å². The molecule has 0 aromatic carbocycles. The van der Waals surface area contributed by atoms with E-state index in [1.54, 1.807) is 0 Å². The zero-order valence-electron chi connectivity index (χ0n) is 19.3. The van der Waals surface area contributed by atoms with E-state index in [4.69, 9.17) is 0 Å². The third-order valence-electron chi connectivity index (χ3n) is 5.07. The van der Waals surface area contributed by atoms with Gasteiger partial charge in [-0.25, -0.2) is 0 Å². The summed E-state index contributed by atoms with van der Waals surface area (Å²) in [5.41, 5.74) is 0. The molecule has 0 aliphatic heterocycles. The van der Waals surface area contributed by atoms with Gasteiger partial charge >= 0.3 is 0 Å². The molecule has 0 fully saturated rings. The topological polar surface area (TPSA) is 49.3 Å². The maximum atomic E-state index is 11.8. The first-order valence-electron chi connectivity index (χ1n) is 11.8. The Balaban J connectivity index is 3.37. The van der Waals surface area contributed by atoms with E-state index >= 15 is 0 Å². The first kappa shape index (κ1) is 27.1. The number of amides is 1. The maximum Gasteiger partial charge on any atom is 0.219 e. The van der Waals surface area contributed by atoms with E-state index in [1.807, 2.05) is 0 Å². The lowest BCUT2D eigenvalue weighted by Gasteiger charge is -2.23. The van der Waals surface area contributed by atoms with Crippen molar-refractivity contribution in [3.05, 3.63) is 12.2 Å². The maximum absolute atomic E-state index is 11.8. The molecule has 2 N–H and O–H groups in total. The molecule has 0 bridgehead atoms. The zero-order chi connectivity index (χ0) is 21.1. The fourth-order valence-electron chi connectivity index (χ4n) is 3.24. The van der Waals surface area contributed by atoms with Crippen LogP contribution in [-0.2, 0) is 4.79 Å². The SMILES string of the molecule is CCCCCCC(O)C/C=C\CCCCCCCC(=O)NCCC[N+](C)(C)C.